The number of amides is 2. The van der Waals surface area contributed by atoms with Crippen molar-refractivity contribution in [1.82, 2.24) is 10.9 Å². The zero-order chi connectivity index (χ0) is 18.1. The largest absolute Gasteiger partial charge is 0.490 e. The van der Waals surface area contributed by atoms with Gasteiger partial charge >= 0.3 is 0 Å². The number of ether oxygens (including phenoxy) is 1. The third kappa shape index (κ3) is 5.93. The lowest BCUT2D eigenvalue weighted by Crippen LogP contribution is -2.40. The van der Waals surface area contributed by atoms with Crippen LogP contribution in [0.15, 0.2) is 71.7 Å². The molecule has 2 amide bonds. The van der Waals surface area contributed by atoms with Gasteiger partial charge in [0.15, 0.2) is 0 Å². The van der Waals surface area contributed by atoms with E-state index in [2.05, 4.69) is 33.4 Å². The monoisotopic (exact) mass is 400 g/mol. The molecule has 0 bridgehead atoms. The first-order valence-corrected chi connectivity index (χ1v) is 8.26. The summed E-state index contributed by atoms with van der Waals surface area (Å²) in [6.45, 7) is 4.02. The zero-order valence-electron chi connectivity index (χ0n) is 13.4. The fourth-order valence-electron chi connectivity index (χ4n) is 1.87. The Kier molecular flexibility index (Phi) is 6.98. The van der Waals surface area contributed by atoms with E-state index >= 15 is 0 Å². The Morgan fingerprint density at radius 1 is 1.08 bits per heavy atom. The van der Waals surface area contributed by atoms with Gasteiger partial charge in [-0.05, 0) is 51.8 Å². The topological polar surface area (TPSA) is 67.4 Å². The molecule has 2 N–H and O–H groups in total. The molecule has 2 aromatic rings. The van der Waals surface area contributed by atoms with Crippen LogP contribution in [0.2, 0.25) is 0 Å². The zero-order valence-corrected chi connectivity index (χ0v) is 15.0. The molecular formula is C19H17BrN2O3. The summed E-state index contributed by atoms with van der Waals surface area (Å²) < 4.78 is 6.03. The van der Waals surface area contributed by atoms with Crippen LogP contribution in [0.3, 0.4) is 0 Å². The minimum Gasteiger partial charge on any atom is -0.490 e. The van der Waals surface area contributed by atoms with Crippen LogP contribution in [0.5, 0.6) is 5.75 Å². The van der Waals surface area contributed by atoms with Crippen LogP contribution in [-0.4, -0.2) is 18.4 Å². The number of benzene rings is 2. The molecule has 0 heterocycles. The van der Waals surface area contributed by atoms with Crippen molar-refractivity contribution in [3.63, 3.8) is 0 Å². The second-order valence-corrected chi connectivity index (χ2v) is 5.78. The molecule has 0 radical (unpaired) electrons. The molecule has 0 unspecified atom stereocenters. The second kappa shape index (κ2) is 9.44. The summed E-state index contributed by atoms with van der Waals surface area (Å²) in [4.78, 5) is 23.8. The maximum Gasteiger partial charge on any atom is 0.270 e. The summed E-state index contributed by atoms with van der Waals surface area (Å²) in [5.41, 5.74) is 5.96. The first-order chi connectivity index (χ1) is 12.1. The van der Waals surface area contributed by atoms with Gasteiger partial charge in [-0.1, -0.05) is 36.9 Å². The quantitative estimate of drug-likeness (QED) is 0.443. The molecule has 2 aromatic carbocycles. The molecule has 0 fully saturated rings. The van der Waals surface area contributed by atoms with E-state index in [4.69, 9.17) is 4.74 Å². The number of carbonyl (C=O) groups is 2. The van der Waals surface area contributed by atoms with E-state index in [0.29, 0.717) is 16.6 Å². The molecule has 6 heteroatoms. The molecule has 2 rings (SSSR count). The summed E-state index contributed by atoms with van der Waals surface area (Å²) in [6, 6.07) is 14.2. The summed E-state index contributed by atoms with van der Waals surface area (Å²) in [5, 5.41) is 0. The lowest BCUT2D eigenvalue weighted by atomic mass is 10.2. The molecule has 0 aliphatic heterocycles. The average Bonchev–Trinajstić information content (AvgIpc) is 2.64. The van der Waals surface area contributed by atoms with Gasteiger partial charge in [0.25, 0.3) is 11.8 Å². The Bertz CT molecular complexity index is 786. The molecule has 0 aliphatic rings. The van der Waals surface area contributed by atoms with E-state index in [-0.39, 0.29) is 0 Å². The summed E-state index contributed by atoms with van der Waals surface area (Å²) in [5.74, 6) is -0.118. The van der Waals surface area contributed by atoms with Gasteiger partial charge in [-0.15, -0.1) is 0 Å². The number of nitrogens with one attached hydrogen (secondary N) is 2. The van der Waals surface area contributed by atoms with Crippen molar-refractivity contribution in [3.8, 4) is 5.75 Å². The molecule has 0 atom stereocenters. The van der Waals surface area contributed by atoms with Gasteiger partial charge in [0.05, 0.1) is 5.56 Å². The Hall–Kier alpha value is -2.86. The number of hydrogen-bond acceptors (Lipinski definition) is 3. The molecule has 25 heavy (non-hydrogen) atoms. The Labute approximate surface area is 154 Å². The van der Waals surface area contributed by atoms with Crippen LogP contribution in [0.1, 0.15) is 15.9 Å². The first kappa shape index (κ1) is 18.5. The smallest absolute Gasteiger partial charge is 0.270 e. The Morgan fingerprint density at radius 2 is 1.80 bits per heavy atom. The van der Waals surface area contributed by atoms with Crippen molar-refractivity contribution in [2.75, 3.05) is 6.61 Å². The highest BCUT2D eigenvalue weighted by molar-refractivity contribution is 9.10. The summed E-state index contributed by atoms with van der Waals surface area (Å²) in [6.07, 6.45) is 4.64. The van der Waals surface area contributed by atoms with Crippen LogP contribution in [0, 0.1) is 0 Å². The third-order valence-electron chi connectivity index (χ3n) is 3.09. The van der Waals surface area contributed by atoms with Gasteiger partial charge in [-0.2, -0.15) is 0 Å². The van der Waals surface area contributed by atoms with Gasteiger partial charge in [0.2, 0.25) is 0 Å². The van der Waals surface area contributed by atoms with E-state index in [1.165, 1.54) is 6.08 Å². The summed E-state index contributed by atoms with van der Waals surface area (Å²) in [7, 11) is 0. The second-order valence-electron chi connectivity index (χ2n) is 4.93. The Morgan fingerprint density at radius 3 is 2.48 bits per heavy atom. The normalized spacial score (nSPS) is 10.3. The predicted octanol–water partition coefficient (Wildman–Crippen LogP) is 3.49. The van der Waals surface area contributed by atoms with Crippen molar-refractivity contribution in [2.45, 2.75) is 0 Å². The first-order valence-electron chi connectivity index (χ1n) is 7.47. The molecule has 0 aromatic heterocycles. The molecule has 0 spiro atoms. The predicted molar refractivity (Wildman–Crippen MR) is 101 cm³/mol. The lowest BCUT2D eigenvalue weighted by molar-refractivity contribution is -0.117. The van der Waals surface area contributed by atoms with Crippen LogP contribution >= 0.6 is 15.9 Å². The standard InChI is InChI=1S/C19H17BrN2O3/c1-2-13-25-15-10-7-14(8-11-15)9-12-18(23)21-22-19(24)16-5-3-4-6-17(16)20/h2-12H,1,13H2,(H,21,23)(H,22,24)/b12-9+. The van der Waals surface area contributed by atoms with Crippen LogP contribution in [0.25, 0.3) is 6.08 Å². The molecule has 5 nitrogen and oxygen atoms in total. The number of hydrogen-bond donors (Lipinski definition) is 2. The third-order valence-corrected chi connectivity index (χ3v) is 3.78. The van der Waals surface area contributed by atoms with Crippen LogP contribution < -0.4 is 15.6 Å². The van der Waals surface area contributed by atoms with E-state index in [0.717, 1.165) is 11.3 Å². The van der Waals surface area contributed by atoms with Crippen molar-refractivity contribution in [2.24, 2.45) is 0 Å². The maximum atomic E-state index is 12.0. The highest BCUT2D eigenvalue weighted by atomic mass is 79.9. The number of halogens is 1. The molecule has 0 saturated carbocycles. The number of rotatable bonds is 6. The Balaban J connectivity index is 1.85. The SMILES string of the molecule is C=CCOc1ccc(/C=C/C(=O)NNC(=O)c2ccccc2Br)cc1. The van der Waals surface area contributed by atoms with E-state index in [9.17, 15) is 9.59 Å². The van der Waals surface area contributed by atoms with Crippen LogP contribution in [-0.2, 0) is 4.79 Å². The van der Waals surface area contributed by atoms with Crippen molar-refractivity contribution in [3.05, 3.63) is 82.9 Å². The number of hydrazine groups is 1. The molecule has 128 valence electrons. The van der Waals surface area contributed by atoms with E-state index < -0.39 is 11.8 Å². The minimum absolute atomic E-state index is 0.405. The van der Waals surface area contributed by atoms with Crippen LogP contribution in [0.4, 0.5) is 0 Å². The minimum atomic E-state index is -0.438. The molecular weight excluding hydrogens is 384 g/mol. The van der Waals surface area contributed by atoms with Crippen molar-refractivity contribution in [1.29, 1.82) is 0 Å². The summed E-state index contributed by atoms with van der Waals surface area (Å²) >= 11 is 3.28. The highest BCUT2D eigenvalue weighted by Gasteiger charge is 2.09. The fourth-order valence-corrected chi connectivity index (χ4v) is 2.34. The van der Waals surface area contributed by atoms with E-state index in [1.807, 2.05) is 12.1 Å². The maximum absolute atomic E-state index is 12.0. The van der Waals surface area contributed by atoms with Gasteiger partial charge in [0.1, 0.15) is 12.4 Å². The van der Waals surface area contributed by atoms with Crippen molar-refractivity contribution < 1.29 is 14.3 Å². The molecule has 0 saturated heterocycles. The highest BCUT2D eigenvalue weighted by Crippen LogP contribution is 2.15. The van der Waals surface area contributed by atoms with Gasteiger partial charge in [-0.3, -0.25) is 20.4 Å². The van der Waals surface area contributed by atoms with Gasteiger partial charge < -0.3 is 4.74 Å². The van der Waals surface area contributed by atoms with Gasteiger partial charge in [0, 0.05) is 10.5 Å². The fraction of sp³-hybridized carbons (Fsp3) is 0.0526. The lowest BCUT2D eigenvalue weighted by Gasteiger charge is -2.06. The van der Waals surface area contributed by atoms with E-state index in [1.54, 1.807) is 48.6 Å². The molecule has 0 aliphatic carbocycles. The van der Waals surface area contributed by atoms with Crippen molar-refractivity contribution >= 4 is 33.8 Å². The average molecular weight is 401 g/mol. The number of carbonyl (C=O) groups excluding carboxylic acids is 2. The van der Waals surface area contributed by atoms with Gasteiger partial charge in [-0.25, -0.2) is 0 Å².